The molecule has 0 saturated heterocycles. The lowest BCUT2D eigenvalue weighted by molar-refractivity contribution is 1.07. The summed E-state index contributed by atoms with van der Waals surface area (Å²) in [7, 11) is 0. The first kappa shape index (κ1) is 6.35. The Hall–Kier alpha value is 0.355. The molecule has 0 amide bonds. The summed E-state index contributed by atoms with van der Waals surface area (Å²) in [6.07, 6.45) is 2.71. The van der Waals surface area contributed by atoms with Gasteiger partial charge in [-0.2, -0.15) is 11.5 Å². The molecule has 0 bridgehead atoms. The van der Waals surface area contributed by atoms with Gasteiger partial charge in [-0.25, -0.2) is 0 Å². The van der Waals surface area contributed by atoms with Crippen molar-refractivity contribution in [3.63, 3.8) is 0 Å². The van der Waals surface area contributed by atoms with Crippen LogP contribution < -0.4 is 0 Å². The van der Waals surface area contributed by atoms with Crippen LogP contribution >= 0.6 is 11.5 Å². The fraction of sp³-hybridized carbons (Fsp3) is 1.00. The highest BCUT2D eigenvalue weighted by Crippen LogP contribution is 1.98. The Kier molecular flexibility index (Phi) is 3.75. The molecule has 0 aliphatic heterocycles. The smallest absolute Gasteiger partial charge is 0.196 e. The topological polar surface area (TPSA) is 0 Å². The minimum Gasteiger partial charge on any atom is -0.196 e. The van der Waals surface area contributed by atoms with Crippen molar-refractivity contribution in [3.8, 4) is 0 Å². The van der Waals surface area contributed by atoms with Crippen molar-refractivity contribution in [1.82, 2.24) is 0 Å². The summed E-state index contributed by atoms with van der Waals surface area (Å²) in [5, 5.41) is 0. The van der Waals surface area contributed by atoms with Gasteiger partial charge in [0, 0.05) is 0 Å². The van der Waals surface area contributed by atoms with Gasteiger partial charge < -0.3 is 0 Å². The third-order valence-electron chi connectivity index (χ3n) is 0.686. The van der Waals surface area contributed by atoms with E-state index in [-0.39, 0.29) is 0 Å². The van der Waals surface area contributed by atoms with E-state index in [0.29, 0.717) is 6.13 Å². The van der Waals surface area contributed by atoms with E-state index < -0.39 is 0 Å². The Morgan fingerprint density at radius 1 is 1.67 bits per heavy atom. The van der Waals surface area contributed by atoms with Crippen LogP contribution in [0.1, 0.15) is 13.3 Å². The lowest BCUT2D eigenvalue weighted by Crippen LogP contribution is -1.91. The molecule has 0 heterocycles. The van der Waals surface area contributed by atoms with Gasteiger partial charge >= 0.3 is 0 Å². The normalized spacial score (nSPS) is 8.50. The third kappa shape index (κ3) is 4.35. The van der Waals surface area contributed by atoms with Crippen molar-refractivity contribution in [2.75, 3.05) is 0 Å². The summed E-state index contributed by atoms with van der Waals surface area (Å²) < 4.78 is 0. The van der Waals surface area contributed by atoms with Crippen LogP contribution in [0, 0.1) is 0 Å². The Morgan fingerprint density at radius 3 is 2.17 bits per heavy atom. The molecule has 0 nitrogen and oxygen atoms in total. The highest BCUT2D eigenvalue weighted by Gasteiger charge is 1.95. The molecule has 0 fully saturated rings. The van der Waals surface area contributed by atoms with Crippen LogP contribution in [0.2, 0.25) is 13.1 Å². The van der Waals surface area contributed by atoms with E-state index in [4.69, 9.17) is 11.5 Å². The molecule has 0 unspecified atom stereocenters. The van der Waals surface area contributed by atoms with Crippen LogP contribution in [0.5, 0.6) is 0 Å². The van der Waals surface area contributed by atoms with Crippen LogP contribution in [0.15, 0.2) is 0 Å². The van der Waals surface area contributed by atoms with Crippen molar-refractivity contribution < 1.29 is 0 Å². The second-order valence-electron chi connectivity index (χ2n) is 1.57. The van der Waals surface area contributed by atoms with Crippen LogP contribution in [0.25, 0.3) is 0 Å². The molecule has 0 aromatic carbocycles. The van der Waals surface area contributed by atoms with Gasteiger partial charge in [0.25, 0.3) is 0 Å². The van der Waals surface area contributed by atoms with Gasteiger partial charge in [0.1, 0.15) is 0 Å². The molecule has 0 saturated carbocycles. The molecule has 0 spiro atoms. The summed E-state index contributed by atoms with van der Waals surface area (Å²) >= 11 is 5.58. The maximum atomic E-state index is 5.58. The van der Waals surface area contributed by atoms with E-state index >= 15 is 0 Å². The van der Waals surface area contributed by atoms with Crippen molar-refractivity contribution in [2.45, 2.75) is 26.5 Å². The van der Waals surface area contributed by atoms with Crippen LogP contribution in [-0.2, 0) is 0 Å². The number of halogens is 1. The third-order valence-corrected chi connectivity index (χ3v) is 0.905. The Morgan fingerprint density at radius 2 is 2.17 bits per heavy atom. The second-order valence-corrected chi connectivity index (χ2v) is 2.31. The maximum Gasteiger partial charge on any atom is 0.247 e. The molecule has 0 N–H and O–H groups in total. The Bertz CT molecular complexity index is 28.7. The average molecular weight is 104 g/mol. The van der Waals surface area contributed by atoms with E-state index in [9.17, 15) is 0 Å². The second kappa shape index (κ2) is 3.54. The van der Waals surface area contributed by atoms with Gasteiger partial charge in [-0.15, -0.1) is 0 Å². The summed E-state index contributed by atoms with van der Waals surface area (Å²) in [5.41, 5.74) is 0. The molecule has 0 rings (SSSR count). The summed E-state index contributed by atoms with van der Waals surface area (Å²) in [6, 6.07) is 0. The first-order chi connectivity index (χ1) is 2.77. The molecule has 6 heavy (non-hydrogen) atoms. The van der Waals surface area contributed by atoms with Gasteiger partial charge in [0.05, 0.1) is 0 Å². The SMILES string of the molecule is CCCB(C)Cl. The predicted octanol–water partition coefficient (Wildman–Crippen LogP) is 2.26. The number of hydrogen-bond donors (Lipinski definition) is 0. The van der Waals surface area contributed by atoms with Crippen molar-refractivity contribution in [1.29, 1.82) is 0 Å². The highest BCUT2D eigenvalue weighted by atomic mass is 35.5. The quantitative estimate of drug-likeness (QED) is 0.471. The van der Waals surface area contributed by atoms with E-state index in [1.54, 1.807) is 0 Å². The molecule has 0 aliphatic rings. The number of rotatable bonds is 2. The zero-order valence-electron chi connectivity index (χ0n) is 4.37. The highest BCUT2D eigenvalue weighted by molar-refractivity contribution is 7.06. The average Bonchev–Trinajstić information content (AvgIpc) is 1.35. The first-order valence-electron chi connectivity index (χ1n) is 2.41. The molecule has 0 aromatic heterocycles. The first-order valence-corrected chi connectivity index (χ1v) is 2.85. The minimum atomic E-state index is 0.370. The van der Waals surface area contributed by atoms with Crippen molar-refractivity contribution in [2.24, 2.45) is 0 Å². The van der Waals surface area contributed by atoms with Gasteiger partial charge in [0.2, 0.25) is 6.13 Å². The zero-order chi connectivity index (χ0) is 4.99. The molecule has 36 valence electrons. The summed E-state index contributed by atoms with van der Waals surface area (Å²) in [4.78, 5) is 0. The number of hydrogen-bond acceptors (Lipinski definition) is 0. The van der Waals surface area contributed by atoms with Gasteiger partial charge in [-0.05, 0) is 0 Å². The van der Waals surface area contributed by atoms with Gasteiger partial charge in [0.15, 0.2) is 0 Å². The fourth-order valence-corrected chi connectivity index (χ4v) is 0.616. The van der Waals surface area contributed by atoms with E-state index in [1.165, 1.54) is 6.42 Å². The van der Waals surface area contributed by atoms with E-state index in [2.05, 4.69) is 6.92 Å². The zero-order valence-corrected chi connectivity index (χ0v) is 5.13. The van der Waals surface area contributed by atoms with E-state index in [0.717, 1.165) is 6.32 Å². The van der Waals surface area contributed by atoms with Crippen LogP contribution in [-0.4, -0.2) is 6.13 Å². The van der Waals surface area contributed by atoms with Crippen molar-refractivity contribution >= 4 is 17.6 Å². The lowest BCUT2D eigenvalue weighted by atomic mass is 9.75. The van der Waals surface area contributed by atoms with Gasteiger partial charge in [-0.3, -0.25) is 0 Å². The molecule has 0 radical (unpaired) electrons. The monoisotopic (exact) mass is 104 g/mol. The van der Waals surface area contributed by atoms with Crippen molar-refractivity contribution in [3.05, 3.63) is 0 Å². The predicted molar refractivity (Wildman–Crippen MR) is 32.6 cm³/mol. The summed E-state index contributed by atoms with van der Waals surface area (Å²) in [6.45, 7) is 4.16. The molecule has 0 atom stereocenters. The largest absolute Gasteiger partial charge is 0.247 e. The standard InChI is InChI=1S/C4H10BCl/c1-3-4-5(2)6/h3-4H2,1-2H3. The lowest BCUT2D eigenvalue weighted by Gasteiger charge is -1.88. The molecule has 0 aromatic rings. The molecular weight excluding hydrogens is 94.3 g/mol. The fourth-order valence-electron chi connectivity index (χ4n) is 0.398. The Balaban J connectivity index is 2.63. The van der Waals surface area contributed by atoms with Gasteiger partial charge in [-0.1, -0.05) is 26.5 Å². The maximum absolute atomic E-state index is 5.58. The Labute approximate surface area is 44.9 Å². The molecule has 0 aliphatic carbocycles. The van der Waals surface area contributed by atoms with Crippen LogP contribution in [0.3, 0.4) is 0 Å². The molecule has 2 heteroatoms. The van der Waals surface area contributed by atoms with E-state index in [1.807, 2.05) is 6.82 Å². The minimum absolute atomic E-state index is 0.370. The summed E-state index contributed by atoms with van der Waals surface area (Å²) in [5.74, 6) is 0. The molecular formula is C4H10BCl. The van der Waals surface area contributed by atoms with Crippen LogP contribution in [0.4, 0.5) is 0 Å².